The van der Waals surface area contributed by atoms with Gasteiger partial charge < -0.3 is 0 Å². The fourth-order valence-electron chi connectivity index (χ4n) is 19.5. The van der Waals surface area contributed by atoms with Gasteiger partial charge >= 0.3 is 0 Å². The number of hydrogen-bond acceptors (Lipinski definition) is 4. The van der Waals surface area contributed by atoms with E-state index in [9.17, 15) is 0 Å². The molecule has 0 atom stereocenters. The summed E-state index contributed by atoms with van der Waals surface area (Å²) < 4.78 is 0. The fraction of sp³-hybridized carbons (Fsp3) is 0.341. The van der Waals surface area contributed by atoms with Gasteiger partial charge in [0.1, 0.15) is 0 Å². The van der Waals surface area contributed by atoms with E-state index < -0.39 is 0 Å². The van der Waals surface area contributed by atoms with Gasteiger partial charge in [-0.25, -0.2) is 0 Å². The van der Waals surface area contributed by atoms with Crippen molar-refractivity contribution in [1.29, 1.82) is 0 Å². The molecule has 2 aliphatic rings. The third-order valence-corrected chi connectivity index (χ3v) is 23.6. The van der Waals surface area contributed by atoms with Gasteiger partial charge in [-0.3, -0.25) is 29.0 Å². The van der Waals surface area contributed by atoms with E-state index in [4.69, 9.17) is 0 Å². The van der Waals surface area contributed by atoms with Gasteiger partial charge in [0.05, 0.1) is 0 Å². The lowest BCUT2D eigenvalue weighted by Crippen LogP contribution is -2.47. The van der Waals surface area contributed by atoms with Crippen LogP contribution in [0.4, 0.5) is 0 Å². The Morgan fingerprint density at radius 2 is 0.415 bits per heavy atom. The van der Waals surface area contributed by atoms with Crippen LogP contribution in [0.2, 0.25) is 0 Å². The van der Waals surface area contributed by atoms with Gasteiger partial charge in [0, 0.05) is 55.9 Å². The molecule has 6 heteroatoms. The lowest BCUT2D eigenvalue weighted by molar-refractivity contribution is 0.0501. The monoisotopic (exact) mass is 1230 g/mol. The number of hydrogen-bond donors (Lipinski definition) is 0. The summed E-state index contributed by atoms with van der Waals surface area (Å²) in [5.41, 5.74) is 2.54. The Hall–Kier alpha value is -8.74. The number of benzene rings is 16. The van der Waals surface area contributed by atoms with E-state index in [1.54, 1.807) is 9.80 Å². The summed E-state index contributed by atoms with van der Waals surface area (Å²) in [6, 6.07) is 44.1. The molecule has 0 N–H and O–H groups in total. The average Bonchev–Trinajstić information content (AvgIpc) is 0.635. The van der Waals surface area contributed by atoms with Crippen LogP contribution in [0.1, 0.15) is 223 Å². The second-order valence-electron chi connectivity index (χ2n) is 28.9. The lowest BCUT2D eigenvalue weighted by Gasteiger charge is -2.37. The molecule has 6 nitrogen and oxygen atoms in total. The minimum Gasteiger partial charge on any atom is -0.271 e. The van der Waals surface area contributed by atoms with E-state index in [2.05, 4.69) is 149 Å². The highest BCUT2D eigenvalue weighted by atomic mass is 16.2. The van der Waals surface area contributed by atoms with Crippen LogP contribution in [0.3, 0.4) is 0 Å². The van der Waals surface area contributed by atoms with Gasteiger partial charge in [-0.05, 0) is 190 Å². The van der Waals surface area contributed by atoms with E-state index in [-0.39, 0.29) is 35.7 Å². The molecule has 0 saturated heterocycles. The van der Waals surface area contributed by atoms with Crippen molar-refractivity contribution in [2.45, 2.75) is 194 Å². The number of amides is 4. The summed E-state index contributed by atoms with van der Waals surface area (Å²) in [7, 11) is 0. The molecule has 0 radical (unpaired) electrons. The van der Waals surface area contributed by atoms with Crippen molar-refractivity contribution in [1.82, 2.24) is 9.80 Å². The predicted octanol–water partition coefficient (Wildman–Crippen LogP) is 25.0. The molecule has 0 bridgehead atoms. The fourth-order valence-corrected chi connectivity index (χ4v) is 19.5. The highest BCUT2D eigenvalue weighted by Crippen LogP contribution is 2.64. The standard InChI is InChI=1S/C88H82N2O4/c1-5-9-13-17-21-33-49(34-22-18-14-10-6-2)89-85(91)63-45-59-51-37-25-29-41-55(51)69-71-57-43-31-27-39-53(57)61-47-65-68-66(88(94)90(87(65)93)50(35-23-19-15-11-7-3)36-24-20-16-12-8-4)48-62-54-40-28-32-44-58(54)72-70-56-42-30-26-38-52(56)60-46-64(86(89)92)67(63)77-73(59)79(69)83(80(70)74(60)77)84-81(71)75(61)78(68)76(62)82(72)84/h25-32,37-50H,5-24,33-36H2,1-4H3. The first kappa shape index (κ1) is 57.9. The average molecular weight is 1230 g/mol. The number of nitrogens with zero attached hydrogens (tertiary/aromatic N) is 2. The molecule has 16 aromatic carbocycles. The molecular formula is C88H82N2O4. The van der Waals surface area contributed by atoms with Gasteiger partial charge in [0.15, 0.2) is 0 Å². The molecule has 2 aliphatic heterocycles. The van der Waals surface area contributed by atoms with Crippen molar-refractivity contribution < 1.29 is 19.2 Å². The minimum absolute atomic E-state index is 0.159. The quantitative estimate of drug-likeness (QED) is 0.0234. The normalized spacial score (nSPS) is 14.4. The number of rotatable bonds is 26. The van der Waals surface area contributed by atoms with E-state index in [1.807, 2.05) is 0 Å². The van der Waals surface area contributed by atoms with Crippen LogP contribution in [0.15, 0.2) is 121 Å². The number of fused-ring (bicyclic) bond motifs is 14. The van der Waals surface area contributed by atoms with Crippen molar-refractivity contribution in [3.63, 3.8) is 0 Å². The molecule has 16 aromatic rings. The van der Waals surface area contributed by atoms with Crippen molar-refractivity contribution in [3.8, 4) is 0 Å². The summed E-state index contributed by atoms with van der Waals surface area (Å²) in [6.07, 6.45) is 25.6. The number of unbranched alkanes of at least 4 members (excludes halogenated alkanes) is 16. The largest absolute Gasteiger partial charge is 0.271 e. The van der Waals surface area contributed by atoms with Gasteiger partial charge in [-0.1, -0.05) is 253 Å². The molecule has 468 valence electrons. The van der Waals surface area contributed by atoms with Crippen LogP contribution >= 0.6 is 0 Å². The van der Waals surface area contributed by atoms with E-state index in [1.165, 1.54) is 79.5 Å². The topological polar surface area (TPSA) is 74.8 Å². The van der Waals surface area contributed by atoms with Crippen LogP contribution < -0.4 is 0 Å². The van der Waals surface area contributed by atoms with Crippen LogP contribution in [-0.4, -0.2) is 45.5 Å². The molecule has 0 unspecified atom stereocenters. The van der Waals surface area contributed by atoms with Gasteiger partial charge in [0.25, 0.3) is 23.6 Å². The first-order valence-electron chi connectivity index (χ1n) is 36.6. The molecule has 4 amide bonds. The summed E-state index contributed by atoms with van der Waals surface area (Å²) in [6.45, 7) is 9.01. The number of carbonyl (C=O) groups excluding carboxylic acids is 4. The molecular weight excluding hydrogens is 1150 g/mol. The first-order chi connectivity index (χ1) is 46.3. The molecule has 18 rings (SSSR count). The maximum Gasteiger partial charge on any atom is 0.261 e. The third-order valence-electron chi connectivity index (χ3n) is 23.6. The van der Waals surface area contributed by atoms with Gasteiger partial charge in [0.2, 0.25) is 0 Å². The van der Waals surface area contributed by atoms with Crippen LogP contribution in [0.25, 0.3) is 162 Å². The van der Waals surface area contributed by atoms with E-state index in [0.29, 0.717) is 22.3 Å². The van der Waals surface area contributed by atoms with Gasteiger partial charge in [-0.2, -0.15) is 0 Å². The highest BCUT2D eigenvalue weighted by molar-refractivity contribution is 6.65. The van der Waals surface area contributed by atoms with Crippen molar-refractivity contribution >= 4 is 185 Å². The van der Waals surface area contributed by atoms with Crippen molar-refractivity contribution in [2.75, 3.05) is 0 Å². The highest BCUT2D eigenvalue weighted by Gasteiger charge is 2.44. The zero-order chi connectivity index (χ0) is 63.4. The first-order valence-corrected chi connectivity index (χ1v) is 36.6. The molecule has 2 heterocycles. The Morgan fingerprint density at radius 3 is 0.649 bits per heavy atom. The zero-order valence-corrected chi connectivity index (χ0v) is 55.2. The molecule has 0 saturated carbocycles. The molecule has 0 spiro atoms. The second-order valence-corrected chi connectivity index (χ2v) is 28.9. The number of imide groups is 2. The molecule has 0 aromatic heterocycles. The van der Waals surface area contributed by atoms with Crippen molar-refractivity contribution in [3.05, 3.63) is 144 Å². The maximum absolute atomic E-state index is 16.3. The predicted molar refractivity (Wildman–Crippen MR) is 398 cm³/mol. The summed E-state index contributed by atoms with van der Waals surface area (Å²) >= 11 is 0. The lowest BCUT2D eigenvalue weighted by atomic mass is 9.70. The SMILES string of the molecule is CCCCCCCC(CCCCCCC)N1C(=O)c2cc3c4ccccc4c4c5c6ccccc6c6cc7c8c(cc9c%10ccccc%10c%10c%11c%12ccccc%12c%12cc(c2c2c3c4c(c%11c%122)c2c5c6c8c9c%102)C1=O)C(=O)N(C(CCCCCCC)CCCCCCC)C7=O. The molecule has 0 aliphatic carbocycles. The Kier molecular flexibility index (Phi) is 13.8. The Labute approximate surface area is 548 Å². The van der Waals surface area contributed by atoms with Crippen LogP contribution in [0.5, 0.6) is 0 Å². The van der Waals surface area contributed by atoms with Crippen LogP contribution in [-0.2, 0) is 0 Å². The Balaban J connectivity index is 0.999. The Bertz CT molecular complexity index is 5060. The molecule has 0 fully saturated rings. The van der Waals surface area contributed by atoms with E-state index in [0.717, 1.165) is 236 Å². The van der Waals surface area contributed by atoms with E-state index >= 15 is 19.2 Å². The number of carbonyl (C=O) groups is 4. The molecule has 94 heavy (non-hydrogen) atoms. The minimum atomic E-state index is -0.201. The summed E-state index contributed by atoms with van der Waals surface area (Å²) in [5, 5.41) is 32.8. The van der Waals surface area contributed by atoms with Gasteiger partial charge in [-0.15, -0.1) is 0 Å². The Morgan fingerprint density at radius 1 is 0.223 bits per heavy atom. The van der Waals surface area contributed by atoms with Crippen LogP contribution in [0, 0.1) is 0 Å². The maximum atomic E-state index is 16.3. The summed E-state index contributed by atoms with van der Waals surface area (Å²) in [5.74, 6) is -0.636. The summed E-state index contributed by atoms with van der Waals surface area (Å²) in [4.78, 5) is 68.5. The van der Waals surface area contributed by atoms with Crippen molar-refractivity contribution in [2.24, 2.45) is 0 Å². The smallest absolute Gasteiger partial charge is 0.261 e. The second kappa shape index (κ2) is 22.5. The third kappa shape index (κ3) is 7.89. The zero-order valence-electron chi connectivity index (χ0n) is 55.2.